The van der Waals surface area contributed by atoms with Crippen molar-refractivity contribution >= 4 is 11.5 Å². The van der Waals surface area contributed by atoms with E-state index in [1.807, 2.05) is 6.07 Å². The molecule has 2 rings (SSSR count). The Morgan fingerprint density at radius 1 is 1.67 bits per heavy atom. The molecule has 0 saturated heterocycles. The van der Waals surface area contributed by atoms with E-state index < -0.39 is 4.92 Å². The van der Waals surface area contributed by atoms with Crippen LogP contribution < -0.4 is 11.1 Å². The van der Waals surface area contributed by atoms with Gasteiger partial charge in [-0.3, -0.25) is 10.1 Å². The Kier molecular flexibility index (Phi) is 3.12. The van der Waals surface area contributed by atoms with E-state index in [1.54, 1.807) is 0 Å². The predicted molar refractivity (Wildman–Crippen MR) is 64.9 cm³/mol. The number of aromatic nitrogens is 1. The van der Waals surface area contributed by atoms with Crippen LogP contribution in [0.1, 0.15) is 24.8 Å². The SMILES string of the molecule is N#Cc1cc([N+](=O)[O-])cnc1NCC1(N)CCC1. The Bertz CT molecular complexity index is 519. The molecular formula is C11H13N5O2. The molecule has 0 unspecified atom stereocenters. The molecule has 7 nitrogen and oxygen atoms in total. The number of nitrogens with two attached hydrogens (primary N) is 1. The molecule has 18 heavy (non-hydrogen) atoms. The average molecular weight is 247 g/mol. The van der Waals surface area contributed by atoms with E-state index in [0.29, 0.717) is 12.4 Å². The Balaban J connectivity index is 2.13. The van der Waals surface area contributed by atoms with Gasteiger partial charge >= 0.3 is 0 Å². The summed E-state index contributed by atoms with van der Waals surface area (Å²) in [5.74, 6) is 0.347. The van der Waals surface area contributed by atoms with Crippen molar-refractivity contribution in [3.05, 3.63) is 27.9 Å². The molecule has 1 fully saturated rings. The molecule has 1 aliphatic rings. The van der Waals surface area contributed by atoms with Crippen LogP contribution in [0.2, 0.25) is 0 Å². The first-order valence-electron chi connectivity index (χ1n) is 5.61. The summed E-state index contributed by atoms with van der Waals surface area (Å²) in [7, 11) is 0. The van der Waals surface area contributed by atoms with Gasteiger partial charge in [-0.2, -0.15) is 5.26 Å². The third-order valence-corrected chi connectivity index (χ3v) is 3.16. The van der Waals surface area contributed by atoms with Gasteiger partial charge in [0.2, 0.25) is 0 Å². The van der Waals surface area contributed by atoms with Crippen LogP contribution in [0.3, 0.4) is 0 Å². The number of anilines is 1. The predicted octanol–water partition coefficient (Wildman–Crippen LogP) is 1.15. The second kappa shape index (κ2) is 4.58. The van der Waals surface area contributed by atoms with Crippen LogP contribution in [-0.2, 0) is 0 Å². The van der Waals surface area contributed by atoms with Crippen LogP contribution in [0.25, 0.3) is 0 Å². The van der Waals surface area contributed by atoms with Crippen molar-refractivity contribution in [3.63, 3.8) is 0 Å². The van der Waals surface area contributed by atoms with Gasteiger partial charge in [-0.15, -0.1) is 0 Å². The van der Waals surface area contributed by atoms with E-state index in [2.05, 4.69) is 10.3 Å². The summed E-state index contributed by atoms with van der Waals surface area (Å²) in [6, 6.07) is 3.10. The standard InChI is InChI=1S/C11H13N5O2/c12-5-8-4-9(16(17)18)6-14-10(8)15-7-11(13)2-1-3-11/h4,6H,1-3,7,13H2,(H,14,15). The molecule has 94 valence electrons. The molecule has 0 amide bonds. The summed E-state index contributed by atoms with van der Waals surface area (Å²) >= 11 is 0. The van der Waals surface area contributed by atoms with E-state index in [-0.39, 0.29) is 16.8 Å². The lowest BCUT2D eigenvalue weighted by Gasteiger charge is -2.38. The van der Waals surface area contributed by atoms with E-state index in [0.717, 1.165) is 25.5 Å². The monoisotopic (exact) mass is 247 g/mol. The molecule has 3 N–H and O–H groups in total. The zero-order valence-corrected chi connectivity index (χ0v) is 9.72. The van der Waals surface area contributed by atoms with Gasteiger partial charge in [0, 0.05) is 18.2 Å². The number of nitro groups is 1. The number of nitrogens with one attached hydrogen (secondary N) is 1. The molecule has 0 bridgehead atoms. The fourth-order valence-electron chi connectivity index (χ4n) is 1.85. The second-order valence-electron chi connectivity index (χ2n) is 4.53. The molecule has 0 aliphatic heterocycles. The molecule has 0 atom stereocenters. The van der Waals surface area contributed by atoms with Gasteiger partial charge in [0.1, 0.15) is 23.6 Å². The maximum atomic E-state index is 10.6. The molecule has 1 aromatic rings. The summed E-state index contributed by atoms with van der Waals surface area (Å²) in [6.45, 7) is 0.520. The summed E-state index contributed by atoms with van der Waals surface area (Å²) in [5, 5.41) is 22.5. The van der Waals surface area contributed by atoms with Crippen molar-refractivity contribution in [2.24, 2.45) is 5.73 Å². The molecule has 0 aromatic carbocycles. The van der Waals surface area contributed by atoms with Gasteiger partial charge in [-0.1, -0.05) is 0 Å². The van der Waals surface area contributed by atoms with Gasteiger partial charge in [0.25, 0.3) is 5.69 Å². The van der Waals surface area contributed by atoms with E-state index >= 15 is 0 Å². The largest absolute Gasteiger partial charge is 0.367 e. The van der Waals surface area contributed by atoms with Gasteiger partial charge in [-0.05, 0) is 19.3 Å². The van der Waals surface area contributed by atoms with Gasteiger partial charge in [0.05, 0.1) is 4.92 Å². The van der Waals surface area contributed by atoms with Crippen LogP contribution in [0.5, 0.6) is 0 Å². The Hall–Kier alpha value is -2.20. The lowest BCUT2D eigenvalue weighted by Crippen LogP contribution is -2.52. The highest BCUT2D eigenvalue weighted by Crippen LogP contribution is 2.29. The minimum Gasteiger partial charge on any atom is -0.367 e. The highest BCUT2D eigenvalue weighted by molar-refractivity contribution is 5.55. The van der Waals surface area contributed by atoms with Crippen molar-refractivity contribution < 1.29 is 4.92 Å². The fourth-order valence-corrected chi connectivity index (χ4v) is 1.85. The number of hydrogen-bond donors (Lipinski definition) is 2. The molecule has 0 radical (unpaired) electrons. The number of rotatable bonds is 4. The van der Waals surface area contributed by atoms with E-state index in [1.165, 1.54) is 6.07 Å². The normalized spacial score (nSPS) is 16.4. The van der Waals surface area contributed by atoms with Gasteiger partial charge < -0.3 is 11.1 Å². The first-order valence-corrected chi connectivity index (χ1v) is 5.61. The quantitative estimate of drug-likeness (QED) is 0.608. The summed E-state index contributed by atoms with van der Waals surface area (Å²) in [6.07, 6.45) is 4.12. The molecule has 7 heteroatoms. The van der Waals surface area contributed by atoms with Crippen LogP contribution in [0.15, 0.2) is 12.3 Å². The number of hydrogen-bond acceptors (Lipinski definition) is 6. The third-order valence-electron chi connectivity index (χ3n) is 3.16. The number of nitrogens with zero attached hydrogens (tertiary/aromatic N) is 3. The fraction of sp³-hybridized carbons (Fsp3) is 0.455. The Morgan fingerprint density at radius 2 is 2.39 bits per heavy atom. The minimum atomic E-state index is -0.575. The van der Waals surface area contributed by atoms with E-state index in [4.69, 9.17) is 11.0 Å². The first-order chi connectivity index (χ1) is 8.54. The molecule has 1 saturated carbocycles. The van der Waals surface area contributed by atoms with Gasteiger partial charge in [0.15, 0.2) is 0 Å². The molecule has 0 spiro atoms. The second-order valence-corrected chi connectivity index (χ2v) is 4.53. The summed E-state index contributed by atoms with van der Waals surface area (Å²) in [4.78, 5) is 13.9. The van der Waals surface area contributed by atoms with Crippen molar-refractivity contribution in [2.45, 2.75) is 24.8 Å². The smallest absolute Gasteiger partial charge is 0.289 e. The molecule has 1 aromatic heterocycles. The van der Waals surface area contributed by atoms with Crippen LogP contribution in [-0.4, -0.2) is 22.0 Å². The summed E-state index contributed by atoms with van der Waals surface area (Å²) < 4.78 is 0. The number of pyridine rings is 1. The van der Waals surface area contributed by atoms with Crippen molar-refractivity contribution in [3.8, 4) is 6.07 Å². The first kappa shape index (κ1) is 12.3. The van der Waals surface area contributed by atoms with Crippen LogP contribution in [0.4, 0.5) is 11.5 Å². The zero-order chi connectivity index (χ0) is 13.2. The Labute approximate surface area is 104 Å². The van der Waals surface area contributed by atoms with Gasteiger partial charge in [-0.25, -0.2) is 4.98 Å². The van der Waals surface area contributed by atoms with Crippen LogP contribution in [0, 0.1) is 21.4 Å². The van der Waals surface area contributed by atoms with E-state index in [9.17, 15) is 10.1 Å². The maximum Gasteiger partial charge on any atom is 0.289 e. The van der Waals surface area contributed by atoms with Crippen molar-refractivity contribution in [1.29, 1.82) is 5.26 Å². The zero-order valence-electron chi connectivity index (χ0n) is 9.72. The molecular weight excluding hydrogens is 234 g/mol. The molecule has 1 aliphatic carbocycles. The third kappa shape index (κ3) is 2.38. The summed E-state index contributed by atoms with van der Waals surface area (Å²) in [5.41, 5.74) is 5.77. The highest BCUT2D eigenvalue weighted by Gasteiger charge is 2.32. The lowest BCUT2D eigenvalue weighted by atomic mass is 9.78. The molecule has 1 heterocycles. The topological polar surface area (TPSA) is 118 Å². The Morgan fingerprint density at radius 3 is 2.89 bits per heavy atom. The van der Waals surface area contributed by atoms with Crippen LogP contribution >= 0.6 is 0 Å². The maximum absolute atomic E-state index is 10.6. The number of nitriles is 1. The van der Waals surface area contributed by atoms with Crippen molar-refractivity contribution in [1.82, 2.24) is 4.98 Å². The average Bonchev–Trinajstić information content (AvgIpc) is 2.33. The van der Waals surface area contributed by atoms with Crippen molar-refractivity contribution in [2.75, 3.05) is 11.9 Å². The minimum absolute atomic E-state index is 0.159. The highest BCUT2D eigenvalue weighted by atomic mass is 16.6. The lowest BCUT2D eigenvalue weighted by molar-refractivity contribution is -0.385.